The Kier molecular flexibility index (Phi) is 7.26. The SMILES string of the molecule is COc1ccccc1N1CCN(C(=O)C2CCN(Cc3ccc(Cl)cc3Cl)CC2)CC1. The molecular weight excluding hydrogens is 433 g/mol. The molecule has 5 nitrogen and oxygen atoms in total. The Balaban J connectivity index is 1.27. The van der Waals surface area contributed by atoms with Gasteiger partial charge in [-0.25, -0.2) is 0 Å². The van der Waals surface area contributed by atoms with Crippen LogP contribution in [0.25, 0.3) is 0 Å². The Labute approximate surface area is 194 Å². The summed E-state index contributed by atoms with van der Waals surface area (Å²) >= 11 is 12.3. The van der Waals surface area contributed by atoms with Crippen LogP contribution in [0.4, 0.5) is 5.69 Å². The molecule has 0 radical (unpaired) electrons. The highest BCUT2D eigenvalue weighted by atomic mass is 35.5. The monoisotopic (exact) mass is 461 g/mol. The topological polar surface area (TPSA) is 36.0 Å². The van der Waals surface area contributed by atoms with E-state index < -0.39 is 0 Å². The molecule has 0 aliphatic carbocycles. The van der Waals surface area contributed by atoms with Crippen LogP contribution < -0.4 is 9.64 Å². The number of rotatable bonds is 5. The minimum absolute atomic E-state index is 0.120. The van der Waals surface area contributed by atoms with Crippen LogP contribution in [0, 0.1) is 5.92 Å². The van der Waals surface area contributed by atoms with E-state index in [9.17, 15) is 4.79 Å². The third-order valence-electron chi connectivity index (χ3n) is 6.36. The molecule has 0 aromatic heterocycles. The van der Waals surface area contributed by atoms with Crippen LogP contribution in [0.5, 0.6) is 5.75 Å². The molecule has 166 valence electrons. The standard InChI is InChI=1S/C24H29Cl2N3O2/c1-31-23-5-3-2-4-22(23)28-12-14-29(15-13-28)24(30)18-8-10-27(11-9-18)17-19-6-7-20(25)16-21(19)26/h2-7,16,18H,8-15,17H2,1H3. The normalized spacial score (nSPS) is 18.3. The minimum atomic E-state index is 0.120. The molecule has 4 rings (SSSR count). The molecule has 0 spiro atoms. The number of ether oxygens (including phenoxy) is 1. The summed E-state index contributed by atoms with van der Waals surface area (Å²) in [6.07, 6.45) is 1.80. The van der Waals surface area contributed by atoms with Gasteiger partial charge in [0.2, 0.25) is 5.91 Å². The van der Waals surface area contributed by atoms with Gasteiger partial charge in [0.25, 0.3) is 0 Å². The Morgan fingerprint density at radius 3 is 2.39 bits per heavy atom. The summed E-state index contributed by atoms with van der Waals surface area (Å²) < 4.78 is 5.49. The molecule has 0 bridgehead atoms. The predicted molar refractivity (Wildman–Crippen MR) is 126 cm³/mol. The zero-order chi connectivity index (χ0) is 21.8. The zero-order valence-electron chi connectivity index (χ0n) is 17.9. The summed E-state index contributed by atoms with van der Waals surface area (Å²) in [4.78, 5) is 19.8. The van der Waals surface area contributed by atoms with E-state index in [0.717, 1.165) is 75.7 Å². The Bertz CT molecular complexity index is 907. The Hall–Kier alpha value is -1.95. The molecule has 7 heteroatoms. The molecule has 2 fully saturated rings. The van der Waals surface area contributed by atoms with Gasteiger partial charge in [0, 0.05) is 48.7 Å². The molecule has 2 aromatic rings. The van der Waals surface area contributed by atoms with Crippen molar-refractivity contribution in [3.8, 4) is 5.75 Å². The maximum atomic E-state index is 13.1. The van der Waals surface area contributed by atoms with Gasteiger partial charge in [0.1, 0.15) is 5.75 Å². The lowest BCUT2D eigenvalue weighted by Crippen LogP contribution is -2.51. The fourth-order valence-corrected chi connectivity index (χ4v) is 5.01. The molecule has 0 atom stereocenters. The van der Waals surface area contributed by atoms with Gasteiger partial charge in [-0.15, -0.1) is 0 Å². The summed E-state index contributed by atoms with van der Waals surface area (Å²) in [5.41, 5.74) is 2.19. The molecular formula is C24H29Cl2N3O2. The second kappa shape index (κ2) is 10.1. The van der Waals surface area contributed by atoms with E-state index in [-0.39, 0.29) is 5.92 Å². The van der Waals surface area contributed by atoms with Crippen LogP contribution in [-0.2, 0) is 11.3 Å². The molecule has 2 saturated heterocycles. The molecule has 0 saturated carbocycles. The van der Waals surface area contributed by atoms with Crippen molar-refractivity contribution >= 4 is 34.8 Å². The lowest BCUT2D eigenvalue weighted by atomic mass is 9.94. The van der Waals surface area contributed by atoms with E-state index in [1.54, 1.807) is 13.2 Å². The summed E-state index contributed by atoms with van der Waals surface area (Å²) in [5.74, 6) is 1.31. The van der Waals surface area contributed by atoms with Crippen molar-refractivity contribution in [1.82, 2.24) is 9.80 Å². The van der Waals surface area contributed by atoms with Gasteiger partial charge < -0.3 is 14.5 Å². The Morgan fingerprint density at radius 1 is 1.00 bits per heavy atom. The number of benzene rings is 2. The number of nitrogens with zero attached hydrogens (tertiary/aromatic N) is 3. The first kappa shape index (κ1) is 22.3. The van der Waals surface area contributed by atoms with Crippen molar-refractivity contribution in [1.29, 1.82) is 0 Å². The fraction of sp³-hybridized carbons (Fsp3) is 0.458. The smallest absolute Gasteiger partial charge is 0.225 e. The fourth-order valence-electron chi connectivity index (χ4n) is 4.55. The van der Waals surface area contributed by atoms with Crippen LogP contribution in [0.1, 0.15) is 18.4 Å². The maximum Gasteiger partial charge on any atom is 0.225 e. The van der Waals surface area contributed by atoms with Crippen LogP contribution in [0.3, 0.4) is 0 Å². The van der Waals surface area contributed by atoms with E-state index in [4.69, 9.17) is 27.9 Å². The molecule has 2 aliphatic rings. The van der Waals surface area contributed by atoms with Gasteiger partial charge in [0.15, 0.2) is 0 Å². The highest BCUT2D eigenvalue weighted by molar-refractivity contribution is 6.35. The van der Waals surface area contributed by atoms with Gasteiger partial charge >= 0.3 is 0 Å². The molecule has 1 amide bonds. The summed E-state index contributed by atoms with van der Waals surface area (Å²) in [6, 6.07) is 13.7. The quantitative estimate of drug-likeness (QED) is 0.653. The first-order chi connectivity index (χ1) is 15.0. The van der Waals surface area contributed by atoms with E-state index in [1.807, 2.05) is 35.2 Å². The van der Waals surface area contributed by atoms with Crippen molar-refractivity contribution in [3.05, 3.63) is 58.1 Å². The van der Waals surface area contributed by atoms with Gasteiger partial charge in [-0.1, -0.05) is 41.4 Å². The molecule has 0 unspecified atom stereocenters. The number of para-hydroxylation sites is 2. The van der Waals surface area contributed by atoms with E-state index >= 15 is 0 Å². The Morgan fingerprint density at radius 2 is 1.71 bits per heavy atom. The first-order valence-electron chi connectivity index (χ1n) is 10.9. The van der Waals surface area contributed by atoms with Crippen LogP contribution in [-0.4, -0.2) is 62.1 Å². The number of likely N-dealkylation sites (tertiary alicyclic amines) is 1. The number of piperazine rings is 1. The van der Waals surface area contributed by atoms with E-state index in [2.05, 4.69) is 15.9 Å². The zero-order valence-corrected chi connectivity index (χ0v) is 19.4. The molecule has 2 heterocycles. The number of anilines is 1. The number of carbonyl (C=O) groups is 1. The van der Waals surface area contributed by atoms with Crippen molar-refractivity contribution in [2.45, 2.75) is 19.4 Å². The first-order valence-corrected chi connectivity index (χ1v) is 11.6. The number of hydrogen-bond acceptors (Lipinski definition) is 4. The number of halogens is 2. The van der Waals surface area contributed by atoms with Crippen LogP contribution in [0.2, 0.25) is 10.0 Å². The summed E-state index contributed by atoms with van der Waals surface area (Å²) in [6.45, 7) is 5.82. The van der Waals surface area contributed by atoms with Gasteiger partial charge in [0.05, 0.1) is 12.8 Å². The van der Waals surface area contributed by atoms with Gasteiger partial charge in [-0.3, -0.25) is 9.69 Å². The number of amides is 1. The van der Waals surface area contributed by atoms with Gasteiger partial charge in [-0.05, 0) is 55.8 Å². The summed E-state index contributed by atoms with van der Waals surface area (Å²) in [7, 11) is 1.70. The van der Waals surface area contributed by atoms with Crippen molar-refractivity contribution < 1.29 is 9.53 Å². The highest BCUT2D eigenvalue weighted by Crippen LogP contribution is 2.29. The van der Waals surface area contributed by atoms with E-state index in [1.165, 1.54) is 0 Å². The second-order valence-corrected chi connectivity index (χ2v) is 9.11. The molecule has 0 N–H and O–H groups in total. The second-order valence-electron chi connectivity index (χ2n) is 8.27. The van der Waals surface area contributed by atoms with E-state index in [0.29, 0.717) is 16.0 Å². The van der Waals surface area contributed by atoms with Crippen LogP contribution >= 0.6 is 23.2 Å². The lowest BCUT2D eigenvalue weighted by Gasteiger charge is -2.39. The number of piperidine rings is 1. The minimum Gasteiger partial charge on any atom is -0.495 e. The average molecular weight is 462 g/mol. The number of carbonyl (C=O) groups excluding carboxylic acids is 1. The van der Waals surface area contributed by atoms with Crippen molar-refractivity contribution in [3.63, 3.8) is 0 Å². The lowest BCUT2D eigenvalue weighted by molar-refractivity contribution is -0.137. The largest absolute Gasteiger partial charge is 0.495 e. The summed E-state index contributed by atoms with van der Waals surface area (Å²) in [5, 5.41) is 1.36. The van der Waals surface area contributed by atoms with Crippen molar-refractivity contribution in [2.24, 2.45) is 5.92 Å². The third kappa shape index (κ3) is 5.28. The number of methoxy groups -OCH3 is 1. The highest BCUT2D eigenvalue weighted by Gasteiger charge is 2.31. The number of hydrogen-bond donors (Lipinski definition) is 0. The predicted octanol–water partition coefficient (Wildman–Crippen LogP) is 4.56. The van der Waals surface area contributed by atoms with Crippen molar-refractivity contribution in [2.75, 3.05) is 51.3 Å². The average Bonchev–Trinajstić information content (AvgIpc) is 2.81. The molecule has 2 aliphatic heterocycles. The van der Waals surface area contributed by atoms with Gasteiger partial charge in [-0.2, -0.15) is 0 Å². The molecule has 31 heavy (non-hydrogen) atoms. The van der Waals surface area contributed by atoms with Crippen LogP contribution in [0.15, 0.2) is 42.5 Å². The third-order valence-corrected chi connectivity index (χ3v) is 6.95. The molecule has 2 aromatic carbocycles. The maximum absolute atomic E-state index is 13.1.